The monoisotopic (exact) mass is 262 g/mol. The van der Waals surface area contributed by atoms with Gasteiger partial charge in [-0.1, -0.05) is 11.6 Å². The molecule has 0 amide bonds. The molecule has 1 aromatic carbocycles. The van der Waals surface area contributed by atoms with E-state index in [9.17, 15) is 9.18 Å². The van der Waals surface area contributed by atoms with Gasteiger partial charge in [-0.15, -0.1) is 0 Å². The van der Waals surface area contributed by atoms with Crippen LogP contribution in [0.15, 0.2) is 29.1 Å². The van der Waals surface area contributed by atoms with Crippen LogP contribution in [0.4, 0.5) is 4.39 Å². The summed E-state index contributed by atoms with van der Waals surface area (Å²) in [7, 11) is 0. The van der Waals surface area contributed by atoms with Gasteiger partial charge in [0.05, 0.1) is 5.02 Å². The van der Waals surface area contributed by atoms with Gasteiger partial charge in [0, 0.05) is 16.8 Å². The Balaban J connectivity index is 2.79. The van der Waals surface area contributed by atoms with E-state index in [4.69, 9.17) is 16.9 Å². The molecule has 5 heteroatoms. The zero-order valence-electron chi connectivity index (χ0n) is 9.42. The Hall–Kier alpha value is -2.12. The normalized spacial score (nSPS) is 10.1. The van der Waals surface area contributed by atoms with Gasteiger partial charge in [-0.25, -0.2) is 4.39 Å². The second-order valence-corrected chi connectivity index (χ2v) is 4.21. The Morgan fingerprint density at radius 1 is 1.33 bits per heavy atom. The average molecular weight is 263 g/mol. The van der Waals surface area contributed by atoms with Gasteiger partial charge in [-0.2, -0.15) is 5.26 Å². The van der Waals surface area contributed by atoms with Crippen LogP contribution < -0.4 is 5.56 Å². The molecule has 0 aliphatic rings. The number of aromatic amines is 1. The van der Waals surface area contributed by atoms with Crippen molar-refractivity contribution in [2.75, 3.05) is 0 Å². The van der Waals surface area contributed by atoms with E-state index >= 15 is 0 Å². The van der Waals surface area contributed by atoms with Crippen LogP contribution in [-0.2, 0) is 0 Å². The number of benzene rings is 1. The van der Waals surface area contributed by atoms with Gasteiger partial charge < -0.3 is 4.98 Å². The zero-order chi connectivity index (χ0) is 13.3. The number of nitriles is 1. The second-order valence-electron chi connectivity index (χ2n) is 3.81. The molecular weight excluding hydrogens is 255 g/mol. The summed E-state index contributed by atoms with van der Waals surface area (Å²) >= 11 is 5.94. The fraction of sp³-hybridized carbons (Fsp3) is 0.0769. The number of aryl methyl sites for hydroxylation is 1. The van der Waals surface area contributed by atoms with Gasteiger partial charge in [0.2, 0.25) is 0 Å². The molecule has 0 aliphatic heterocycles. The topological polar surface area (TPSA) is 56.6 Å². The maximum absolute atomic E-state index is 13.0. The van der Waals surface area contributed by atoms with E-state index < -0.39 is 11.4 Å². The van der Waals surface area contributed by atoms with Crippen molar-refractivity contribution in [1.82, 2.24) is 4.98 Å². The Labute approximate surface area is 107 Å². The summed E-state index contributed by atoms with van der Waals surface area (Å²) in [5, 5.41) is 9.17. The van der Waals surface area contributed by atoms with Crippen molar-refractivity contribution in [1.29, 1.82) is 5.26 Å². The minimum absolute atomic E-state index is 0.0332. The molecule has 3 nitrogen and oxygen atoms in total. The third-order valence-corrected chi connectivity index (χ3v) is 2.81. The lowest BCUT2D eigenvalue weighted by Gasteiger charge is -2.07. The first-order chi connectivity index (χ1) is 8.52. The van der Waals surface area contributed by atoms with Crippen LogP contribution >= 0.6 is 11.6 Å². The van der Waals surface area contributed by atoms with Crippen LogP contribution in [0, 0.1) is 24.1 Å². The van der Waals surface area contributed by atoms with E-state index in [0.29, 0.717) is 16.8 Å². The maximum Gasteiger partial charge on any atom is 0.266 e. The van der Waals surface area contributed by atoms with Crippen molar-refractivity contribution in [3.05, 3.63) is 56.7 Å². The third-order valence-electron chi connectivity index (χ3n) is 2.50. The van der Waals surface area contributed by atoms with E-state index in [2.05, 4.69) is 4.98 Å². The molecule has 0 radical (unpaired) electrons. The summed E-state index contributed by atoms with van der Waals surface area (Å²) < 4.78 is 13.0. The van der Waals surface area contributed by atoms with Crippen LogP contribution in [0.3, 0.4) is 0 Å². The summed E-state index contributed by atoms with van der Waals surface area (Å²) in [6.45, 7) is 1.70. The first-order valence-electron chi connectivity index (χ1n) is 5.12. The molecule has 0 bridgehead atoms. The fourth-order valence-electron chi connectivity index (χ4n) is 1.72. The molecule has 1 N–H and O–H groups in total. The molecule has 0 atom stereocenters. The third kappa shape index (κ3) is 2.13. The van der Waals surface area contributed by atoms with Crippen molar-refractivity contribution >= 4 is 11.6 Å². The largest absolute Gasteiger partial charge is 0.325 e. The van der Waals surface area contributed by atoms with E-state index in [1.54, 1.807) is 13.0 Å². The number of rotatable bonds is 1. The quantitative estimate of drug-likeness (QED) is 0.859. The molecule has 0 saturated heterocycles. The lowest BCUT2D eigenvalue weighted by atomic mass is 10.0. The van der Waals surface area contributed by atoms with E-state index in [0.717, 1.165) is 6.07 Å². The molecule has 2 rings (SSSR count). The first-order valence-corrected chi connectivity index (χ1v) is 5.50. The minimum Gasteiger partial charge on any atom is -0.325 e. The Morgan fingerprint density at radius 2 is 2.06 bits per heavy atom. The number of nitrogens with zero attached hydrogens (tertiary/aromatic N) is 1. The smallest absolute Gasteiger partial charge is 0.266 e. The van der Waals surface area contributed by atoms with Crippen molar-refractivity contribution < 1.29 is 4.39 Å². The summed E-state index contributed by atoms with van der Waals surface area (Å²) in [5.74, 6) is -0.469. The summed E-state index contributed by atoms with van der Waals surface area (Å²) in [6, 6.07) is 7.31. The molecule has 0 saturated carbocycles. The average Bonchev–Trinajstić information content (AvgIpc) is 2.28. The SMILES string of the molecule is Cc1cc(-c2ccc(F)cc2Cl)c(C#N)c(=O)[nH]1. The van der Waals surface area contributed by atoms with Crippen molar-refractivity contribution in [2.24, 2.45) is 0 Å². The van der Waals surface area contributed by atoms with Gasteiger partial charge in [0.15, 0.2) is 0 Å². The Morgan fingerprint density at radius 3 is 2.67 bits per heavy atom. The van der Waals surface area contributed by atoms with Crippen LogP contribution in [-0.4, -0.2) is 4.98 Å². The van der Waals surface area contributed by atoms with E-state index in [-0.39, 0.29) is 10.6 Å². The first kappa shape index (κ1) is 12.3. The highest BCUT2D eigenvalue weighted by atomic mass is 35.5. The summed E-state index contributed by atoms with van der Waals surface area (Å²) in [5.41, 5.74) is 0.962. The van der Waals surface area contributed by atoms with Crippen molar-refractivity contribution in [3.8, 4) is 17.2 Å². The van der Waals surface area contributed by atoms with Crippen LogP contribution in [0.1, 0.15) is 11.3 Å². The molecule has 0 unspecified atom stereocenters. The van der Waals surface area contributed by atoms with Gasteiger partial charge in [0.25, 0.3) is 5.56 Å². The van der Waals surface area contributed by atoms with E-state index in [1.807, 2.05) is 6.07 Å². The number of hydrogen-bond acceptors (Lipinski definition) is 2. The van der Waals surface area contributed by atoms with Crippen molar-refractivity contribution in [3.63, 3.8) is 0 Å². The number of halogens is 2. The van der Waals surface area contributed by atoms with Gasteiger partial charge in [-0.05, 0) is 31.2 Å². The van der Waals surface area contributed by atoms with Crippen LogP contribution in [0.25, 0.3) is 11.1 Å². The second kappa shape index (κ2) is 4.63. The number of pyridine rings is 1. The predicted molar refractivity (Wildman–Crippen MR) is 66.9 cm³/mol. The maximum atomic E-state index is 13.0. The minimum atomic E-state index is -0.479. The molecule has 90 valence electrons. The molecule has 2 aromatic rings. The zero-order valence-corrected chi connectivity index (χ0v) is 10.2. The number of nitrogens with one attached hydrogen (secondary N) is 1. The van der Waals surface area contributed by atoms with E-state index in [1.165, 1.54) is 12.1 Å². The predicted octanol–water partition coefficient (Wildman–Crippen LogP) is 3.01. The number of H-pyrrole nitrogens is 1. The summed E-state index contributed by atoms with van der Waals surface area (Å²) in [4.78, 5) is 14.2. The Bertz CT molecular complexity index is 716. The van der Waals surface area contributed by atoms with Crippen LogP contribution in [0.2, 0.25) is 5.02 Å². The standard InChI is InChI=1S/C13H8ClFN2O/c1-7-4-10(11(6-16)13(18)17-7)9-3-2-8(15)5-12(9)14/h2-5H,1H3,(H,17,18). The van der Waals surface area contributed by atoms with Gasteiger partial charge in [-0.3, -0.25) is 4.79 Å². The lowest BCUT2D eigenvalue weighted by Crippen LogP contribution is -2.12. The fourth-order valence-corrected chi connectivity index (χ4v) is 1.99. The molecule has 0 spiro atoms. The highest BCUT2D eigenvalue weighted by Crippen LogP contribution is 2.29. The lowest BCUT2D eigenvalue weighted by molar-refractivity contribution is 0.628. The highest BCUT2D eigenvalue weighted by molar-refractivity contribution is 6.33. The van der Waals surface area contributed by atoms with Gasteiger partial charge in [0.1, 0.15) is 17.4 Å². The van der Waals surface area contributed by atoms with Crippen molar-refractivity contribution in [2.45, 2.75) is 6.92 Å². The molecular formula is C13H8ClFN2O. The molecule has 0 aliphatic carbocycles. The molecule has 1 heterocycles. The molecule has 1 aromatic heterocycles. The highest BCUT2D eigenvalue weighted by Gasteiger charge is 2.13. The van der Waals surface area contributed by atoms with Crippen LogP contribution in [0.5, 0.6) is 0 Å². The number of hydrogen-bond donors (Lipinski definition) is 1. The number of aromatic nitrogens is 1. The molecule has 18 heavy (non-hydrogen) atoms. The van der Waals surface area contributed by atoms with Gasteiger partial charge >= 0.3 is 0 Å². The summed E-state index contributed by atoms with van der Waals surface area (Å²) in [6.07, 6.45) is 0. The molecule has 0 fully saturated rings. The Kier molecular flexibility index (Phi) is 3.17.